The molecule has 0 saturated heterocycles. The molecule has 0 heterocycles. The van der Waals surface area contributed by atoms with Crippen LogP contribution in [0, 0.1) is 5.82 Å². The van der Waals surface area contributed by atoms with Crippen molar-refractivity contribution in [3.8, 4) is 11.5 Å². The molecule has 0 amide bonds. The number of hydrogen-bond donors (Lipinski definition) is 1. The summed E-state index contributed by atoms with van der Waals surface area (Å²) in [4.78, 5) is 0. The second-order valence-corrected chi connectivity index (χ2v) is 6.65. The Balaban J connectivity index is 2.21. The first kappa shape index (κ1) is 19.3. The number of hydrogen-bond acceptors (Lipinski definition) is 3. The highest BCUT2D eigenvalue weighted by Crippen LogP contribution is 2.32. The average molecular weight is 345 g/mol. The monoisotopic (exact) mass is 345 g/mol. The molecule has 0 aliphatic heterocycles. The lowest BCUT2D eigenvalue weighted by atomic mass is 10.0. The van der Waals surface area contributed by atoms with Crippen molar-refractivity contribution in [2.45, 2.75) is 52.8 Å². The van der Waals surface area contributed by atoms with Gasteiger partial charge in [0.1, 0.15) is 12.4 Å². The Morgan fingerprint density at radius 1 is 0.960 bits per heavy atom. The summed E-state index contributed by atoms with van der Waals surface area (Å²) >= 11 is 0. The van der Waals surface area contributed by atoms with E-state index in [1.54, 1.807) is 12.1 Å². The van der Waals surface area contributed by atoms with Gasteiger partial charge in [0.05, 0.1) is 6.61 Å². The third kappa shape index (κ3) is 5.46. The third-order valence-electron chi connectivity index (χ3n) is 4.33. The first-order valence-electron chi connectivity index (χ1n) is 8.82. The largest absolute Gasteiger partial charge is 0.490 e. The van der Waals surface area contributed by atoms with E-state index >= 15 is 0 Å². The van der Waals surface area contributed by atoms with Gasteiger partial charge in [-0.3, -0.25) is 0 Å². The van der Waals surface area contributed by atoms with Crippen molar-refractivity contribution in [2.24, 2.45) is 0 Å². The molecule has 0 atom stereocenters. The number of para-hydroxylation sites is 1. The molecule has 4 heteroatoms. The first-order valence-corrected chi connectivity index (χ1v) is 8.82. The molecule has 0 aromatic heterocycles. The van der Waals surface area contributed by atoms with Crippen molar-refractivity contribution in [2.75, 3.05) is 6.61 Å². The molecular formula is C21H28FNO2. The van der Waals surface area contributed by atoms with Gasteiger partial charge in [-0.25, -0.2) is 4.39 Å². The van der Waals surface area contributed by atoms with E-state index in [1.807, 2.05) is 31.2 Å². The highest BCUT2D eigenvalue weighted by Gasteiger charge is 2.17. The van der Waals surface area contributed by atoms with E-state index in [0.29, 0.717) is 30.2 Å². The molecular weight excluding hydrogens is 317 g/mol. The highest BCUT2D eigenvalue weighted by molar-refractivity contribution is 5.47. The lowest BCUT2D eigenvalue weighted by Crippen LogP contribution is -2.37. The van der Waals surface area contributed by atoms with E-state index in [4.69, 9.17) is 9.47 Å². The zero-order chi connectivity index (χ0) is 18.3. The lowest BCUT2D eigenvalue weighted by Gasteiger charge is -2.25. The number of ether oxygens (including phenoxy) is 2. The van der Waals surface area contributed by atoms with Gasteiger partial charge in [-0.15, -0.1) is 0 Å². The van der Waals surface area contributed by atoms with Gasteiger partial charge in [-0.2, -0.15) is 0 Å². The average Bonchev–Trinajstić information content (AvgIpc) is 2.60. The molecule has 0 spiro atoms. The molecule has 0 radical (unpaired) electrons. The van der Waals surface area contributed by atoms with Gasteiger partial charge in [-0.1, -0.05) is 37.3 Å². The van der Waals surface area contributed by atoms with Crippen LogP contribution < -0.4 is 14.8 Å². The quantitative estimate of drug-likeness (QED) is 0.687. The summed E-state index contributed by atoms with van der Waals surface area (Å²) < 4.78 is 25.6. The predicted molar refractivity (Wildman–Crippen MR) is 99.6 cm³/mol. The fraction of sp³-hybridized carbons (Fsp3) is 0.429. The normalized spacial score (nSPS) is 11.4. The van der Waals surface area contributed by atoms with Gasteiger partial charge < -0.3 is 14.8 Å². The maximum absolute atomic E-state index is 13.9. The molecule has 25 heavy (non-hydrogen) atoms. The summed E-state index contributed by atoms with van der Waals surface area (Å²) in [6.07, 6.45) is 1.02. The van der Waals surface area contributed by atoms with E-state index in [2.05, 4.69) is 26.1 Å². The second-order valence-electron chi connectivity index (χ2n) is 6.65. The predicted octanol–water partition coefficient (Wildman–Crippen LogP) is 5.08. The third-order valence-corrected chi connectivity index (χ3v) is 4.33. The Hall–Kier alpha value is -2.07. The number of nitrogens with one attached hydrogen (secondary N) is 1. The molecule has 0 fully saturated rings. The minimum absolute atomic E-state index is 0.0322. The van der Waals surface area contributed by atoms with Crippen molar-refractivity contribution >= 4 is 0 Å². The number of rotatable bonds is 9. The summed E-state index contributed by atoms with van der Waals surface area (Å²) in [6, 6.07) is 12.5. The smallest absolute Gasteiger partial charge is 0.166 e. The topological polar surface area (TPSA) is 30.5 Å². The molecule has 0 aliphatic carbocycles. The van der Waals surface area contributed by atoms with Crippen LogP contribution in [-0.2, 0) is 13.2 Å². The minimum Gasteiger partial charge on any atom is -0.490 e. The summed E-state index contributed by atoms with van der Waals surface area (Å²) in [5, 5.41) is 3.53. The molecule has 3 nitrogen and oxygen atoms in total. The summed E-state index contributed by atoms with van der Waals surface area (Å²) in [7, 11) is 0. The van der Waals surface area contributed by atoms with Crippen molar-refractivity contribution in [1.29, 1.82) is 0 Å². The van der Waals surface area contributed by atoms with Crippen LogP contribution in [0.4, 0.5) is 4.39 Å². The minimum atomic E-state index is -0.261. The van der Waals surface area contributed by atoms with Gasteiger partial charge in [0.25, 0.3) is 0 Å². The fourth-order valence-corrected chi connectivity index (χ4v) is 2.36. The second kappa shape index (κ2) is 8.86. The first-order chi connectivity index (χ1) is 12.0. The van der Waals surface area contributed by atoms with Crippen LogP contribution in [-0.4, -0.2) is 12.1 Å². The van der Waals surface area contributed by atoms with Crippen molar-refractivity contribution < 1.29 is 13.9 Å². The van der Waals surface area contributed by atoms with Gasteiger partial charge in [0, 0.05) is 23.2 Å². The maximum Gasteiger partial charge on any atom is 0.166 e. The Kier molecular flexibility index (Phi) is 6.82. The van der Waals surface area contributed by atoms with Gasteiger partial charge in [0.15, 0.2) is 11.5 Å². The molecule has 2 aromatic rings. The van der Waals surface area contributed by atoms with E-state index in [1.165, 1.54) is 6.07 Å². The summed E-state index contributed by atoms with van der Waals surface area (Å²) in [6.45, 7) is 9.80. The van der Waals surface area contributed by atoms with Crippen LogP contribution in [0.2, 0.25) is 0 Å². The number of benzene rings is 2. The van der Waals surface area contributed by atoms with Crippen LogP contribution >= 0.6 is 0 Å². The van der Waals surface area contributed by atoms with Crippen LogP contribution in [0.1, 0.15) is 45.2 Å². The van der Waals surface area contributed by atoms with Gasteiger partial charge in [0.2, 0.25) is 0 Å². The Morgan fingerprint density at radius 2 is 1.68 bits per heavy atom. The number of halogens is 1. The van der Waals surface area contributed by atoms with E-state index in [0.717, 1.165) is 12.0 Å². The van der Waals surface area contributed by atoms with Crippen LogP contribution in [0.5, 0.6) is 11.5 Å². The Morgan fingerprint density at radius 3 is 2.36 bits per heavy atom. The Labute approximate surface area is 150 Å². The van der Waals surface area contributed by atoms with Crippen molar-refractivity contribution in [1.82, 2.24) is 5.32 Å². The highest BCUT2D eigenvalue weighted by atomic mass is 19.1. The SMILES string of the molecule is CCOc1cccc(CNC(C)(C)CC)c1OCc1ccccc1F. The van der Waals surface area contributed by atoms with Crippen LogP contribution in [0.25, 0.3) is 0 Å². The molecule has 136 valence electrons. The molecule has 2 aromatic carbocycles. The maximum atomic E-state index is 13.9. The summed E-state index contributed by atoms with van der Waals surface area (Å²) in [5.74, 6) is 1.10. The van der Waals surface area contributed by atoms with E-state index in [-0.39, 0.29) is 18.0 Å². The molecule has 0 unspecified atom stereocenters. The fourth-order valence-electron chi connectivity index (χ4n) is 2.36. The summed E-state index contributed by atoms with van der Waals surface area (Å²) in [5.41, 5.74) is 1.56. The lowest BCUT2D eigenvalue weighted by molar-refractivity contribution is 0.261. The zero-order valence-corrected chi connectivity index (χ0v) is 15.6. The molecule has 0 bridgehead atoms. The molecule has 0 saturated carbocycles. The standard InChI is InChI=1S/C21H28FNO2/c1-5-21(3,4)23-14-16-11-9-13-19(24-6-2)20(16)25-15-17-10-7-8-12-18(17)22/h7-13,23H,5-6,14-15H2,1-4H3. The van der Waals surface area contributed by atoms with Crippen molar-refractivity contribution in [3.63, 3.8) is 0 Å². The molecule has 2 rings (SSSR count). The Bertz CT molecular complexity index is 685. The van der Waals surface area contributed by atoms with E-state index < -0.39 is 0 Å². The van der Waals surface area contributed by atoms with Gasteiger partial charge in [-0.05, 0) is 39.3 Å². The van der Waals surface area contributed by atoms with E-state index in [9.17, 15) is 4.39 Å². The molecule has 1 N–H and O–H groups in total. The van der Waals surface area contributed by atoms with Crippen molar-refractivity contribution in [3.05, 3.63) is 59.4 Å². The zero-order valence-electron chi connectivity index (χ0n) is 15.6. The van der Waals surface area contributed by atoms with Crippen LogP contribution in [0.3, 0.4) is 0 Å². The molecule has 0 aliphatic rings. The van der Waals surface area contributed by atoms with Gasteiger partial charge >= 0.3 is 0 Å². The van der Waals surface area contributed by atoms with Crippen LogP contribution in [0.15, 0.2) is 42.5 Å².